The van der Waals surface area contributed by atoms with Gasteiger partial charge in [-0.25, -0.2) is 5.48 Å². The maximum atomic E-state index is 11.5. The molecular weight excluding hydrogens is 214 g/mol. The first-order valence-corrected chi connectivity index (χ1v) is 4.39. The van der Waals surface area contributed by atoms with Crippen LogP contribution in [-0.2, 0) is 4.84 Å². The molecular formula is C9H11N3O4. The Hall–Kier alpha value is -2.15. The molecule has 0 spiro atoms. The van der Waals surface area contributed by atoms with Crippen molar-refractivity contribution in [3.05, 3.63) is 33.9 Å². The van der Waals surface area contributed by atoms with E-state index in [2.05, 4.69) is 15.6 Å². The number of non-ortho nitro benzene ring substituents is 1. The predicted molar refractivity (Wildman–Crippen MR) is 57.1 cm³/mol. The SMILES string of the molecule is CNc1ccc([N+](=O)[O-])cc1C(=O)NOC. The van der Waals surface area contributed by atoms with Crippen LogP contribution in [-0.4, -0.2) is 25.0 Å². The summed E-state index contributed by atoms with van der Waals surface area (Å²) in [7, 11) is 2.90. The van der Waals surface area contributed by atoms with Gasteiger partial charge in [-0.2, -0.15) is 0 Å². The Kier molecular flexibility index (Phi) is 3.78. The maximum Gasteiger partial charge on any atom is 0.277 e. The Labute approximate surface area is 91.5 Å². The van der Waals surface area contributed by atoms with Gasteiger partial charge < -0.3 is 5.32 Å². The minimum atomic E-state index is -0.566. The summed E-state index contributed by atoms with van der Waals surface area (Å²) < 4.78 is 0. The number of nitrogens with one attached hydrogen (secondary N) is 2. The lowest BCUT2D eigenvalue weighted by Crippen LogP contribution is -2.22. The molecule has 0 aliphatic carbocycles. The first kappa shape index (κ1) is 11.9. The third kappa shape index (κ3) is 2.45. The summed E-state index contributed by atoms with van der Waals surface area (Å²) in [6, 6.07) is 3.96. The van der Waals surface area contributed by atoms with Crippen LogP contribution in [0.25, 0.3) is 0 Å². The summed E-state index contributed by atoms with van der Waals surface area (Å²) in [5, 5.41) is 13.3. The Morgan fingerprint density at radius 3 is 2.69 bits per heavy atom. The van der Waals surface area contributed by atoms with E-state index >= 15 is 0 Å². The van der Waals surface area contributed by atoms with Crippen molar-refractivity contribution in [1.82, 2.24) is 5.48 Å². The van der Waals surface area contributed by atoms with E-state index < -0.39 is 10.8 Å². The summed E-state index contributed by atoms with van der Waals surface area (Å²) in [6.45, 7) is 0. The van der Waals surface area contributed by atoms with Gasteiger partial charge >= 0.3 is 0 Å². The van der Waals surface area contributed by atoms with Crippen LogP contribution >= 0.6 is 0 Å². The predicted octanol–water partition coefficient (Wildman–Crippen LogP) is 0.928. The molecule has 0 bridgehead atoms. The van der Waals surface area contributed by atoms with Crippen LogP contribution in [0.5, 0.6) is 0 Å². The monoisotopic (exact) mass is 225 g/mol. The molecule has 1 aromatic rings. The van der Waals surface area contributed by atoms with Gasteiger partial charge in [-0.15, -0.1) is 0 Å². The minimum absolute atomic E-state index is 0.151. The molecule has 86 valence electrons. The van der Waals surface area contributed by atoms with E-state index in [1.54, 1.807) is 7.05 Å². The molecule has 0 saturated carbocycles. The van der Waals surface area contributed by atoms with Gasteiger partial charge in [0.25, 0.3) is 11.6 Å². The van der Waals surface area contributed by atoms with Crippen LogP contribution in [0.3, 0.4) is 0 Å². The average Bonchev–Trinajstić information content (AvgIpc) is 2.28. The molecule has 0 heterocycles. The van der Waals surface area contributed by atoms with Gasteiger partial charge in [0.05, 0.1) is 17.6 Å². The fourth-order valence-corrected chi connectivity index (χ4v) is 1.20. The zero-order chi connectivity index (χ0) is 12.1. The standard InChI is InChI=1S/C9H11N3O4/c1-10-8-4-3-6(12(14)15)5-7(8)9(13)11-16-2/h3-5,10H,1-2H3,(H,11,13). The van der Waals surface area contributed by atoms with Gasteiger partial charge in [-0.3, -0.25) is 19.7 Å². The van der Waals surface area contributed by atoms with E-state index in [0.717, 1.165) is 0 Å². The summed E-state index contributed by atoms with van der Waals surface area (Å²) in [4.78, 5) is 26.0. The second-order valence-corrected chi connectivity index (χ2v) is 2.87. The lowest BCUT2D eigenvalue weighted by Gasteiger charge is -2.07. The number of nitro groups is 1. The summed E-state index contributed by atoms with van der Waals surface area (Å²) in [6.07, 6.45) is 0. The van der Waals surface area contributed by atoms with Gasteiger partial charge in [0.1, 0.15) is 0 Å². The number of carbonyl (C=O) groups is 1. The molecule has 0 unspecified atom stereocenters. The number of amides is 1. The Bertz CT molecular complexity index is 419. The average molecular weight is 225 g/mol. The van der Waals surface area contributed by atoms with E-state index in [1.165, 1.54) is 25.3 Å². The highest BCUT2D eigenvalue weighted by atomic mass is 16.6. The molecule has 7 nitrogen and oxygen atoms in total. The fourth-order valence-electron chi connectivity index (χ4n) is 1.20. The quantitative estimate of drug-likeness (QED) is 0.587. The number of rotatable bonds is 4. The van der Waals surface area contributed by atoms with Crippen molar-refractivity contribution >= 4 is 17.3 Å². The third-order valence-electron chi connectivity index (χ3n) is 1.92. The molecule has 2 N–H and O–H groups in total. The van der Waals surface area contributed by atoms with Crippen LogP contribution < -0.4 is 10.8 Å². The third-order valence-corrected chi connectivity index (χ3v) is 1.92. The number of nitrogens with zero attached hydrogens (tertiary/aromatic N) is 1. The van der Waals surface area contributed by atoms with Crippen molar-refractivity contribution in [2.24, 2.45) is 0 Å². The van der Waals surface area contributed by atoms with Gasteiger partial charge in [0.2, 0.25) is 0 Å². The van der Waals surface area contributed by atoms with E-state index in [9.17, 15) is 14.9 Å². The Morgan fingerprint density at radius 2 is 2.19 bits per heavy atom. The van der Waals surface area contributed by atoms with Crippen molar-refractivity contribution in [3.63, 3.8) is 0 Å². The van der Waals surface area contributed by atoms with E-state index in [4.69, 9.17) is 0 Å². The van der Waals surface area contributed by atoms with Crippen LogP contribution in [0.15, 0.2) is 18.2 Å². The number of carbonyl (C=O) groups excluding carboxylic acids is 1. The molecule has 0 aliphatic rings. The molecule has 1 aromatic carbocycles. The zero-order valence-corrected chi connectivity index (χ0v) is 8.81. The Morgan fingerprint density at radius 1 is 1.50 bits per heavy atom. The van der Waals surface area contributed by atoms with Gasteiger partial charge in [0, 0.05) is 24.9 Å². The highest BCUT2D eigenvalue weighted by Crippen LogP contribution is 2.21. The van der Waals surface area contributed by atoms with Gasteiger partial charge in [-0.05, 0) is 6.07 Å². The van der Waals surface area contributed by atoms with E-state index in [0.29, 0.717) is 5.69 Å². The Balaban J connectivity index is 3.16. The highest BCUT2D eigenvalue weighted by Gasteiger charge is 2.15. The minimum Gasteiger partial charge on any atom is -0.387 e. The number of hydrogen-bond donors (Lipinski definition) is 2. The van der Waals surface area contributed by atoms with Crippen LogP contribution in [0.2, 0.25) is 0 Å². The second kappa shape index (κ2) is 5.08. The van der Waals surface area contributed by atoms with Crippen molar-refractivity contribution in [1.29, 1.82) is 0 Å². The second-order valence-electron chi connectivity index (χ2n) is 2.87. The fraction of sp³-hybridized carbons (Fsp3) is 0.222. The van der Waals surface area contributed by atoms with Crippen LogP contribution in [0.1, 0.15) is 10.4 Å². The number of benzene rings is 1. The van der Waals surface area contributed by atoms with Crippen molar-refractivity contribution in [2.45, 2.75) is 0 Å². The molecule has 16 heavy (non-hydrogen) atoms. The maximum absolute atomic E-state index is 11.5. The molecule has 7 heteroatoms. The lowest BCUT2D eigenvalue weighted by atomic mass is 10.1. The first-order valence-electron chi connectivity index (χ1n) is 4.39. The molecule has 0 saturated heterocycles. The first-order chi connectivity index (χ1) is 7.60. The molecule has 0 radical (unpaired) electrons. The van der Waals surface area contributed by atoms with Crippen molar-refractivity contribution in [2.75, 3.05) is 19.5 Å². The van der Waals surface area contributed by atoms with Crippen LogP contribution in [0.4, 0.5) is 11.4 Å². The molecule has 0 aliphatic heterocycles. The van der Waals surface area contributed by atoms with E-state index in [-0.39, 0.29) is 11.3 Å². The molecule has 0 aromatic heterocycles. The highest BCUT2D eigenvalue weighted by molar-refractivity contribution is 5.99. The number of hydroxylamine groups is 1. The lowest BCUT2D eigenvalue weighted by molar-refractivity contribution is -0.384. The molecule has 0 atom stereocenters. The normalized spacial score (nSPS) is 9.62. The largest absolute Gasteiger partial charge is 0.387 e. The molecule has 1 rings (SSSR count). The van der Waals surface area contributed by atoms with E-state index in [1.807, 2.05) is 0 Å². The van der Waals surface area contributed by atoms with Crippen molar-refractivity contribution in [3.8, 4) is 0 Å². The molecule has 1 amide bonds. The zero-order valence-electron chi connectivity index (χ0n) is 8.81. The van der Waals surface area contributed by atoms with Gasteiger partial charge in [-0.1, -0.05) is 0 Å². The van der Waals surface area contributed by atoms with Gasteiger partial charge in [0.15, 0.2) is 0 Å². The number of anilines is 1. The summed E-state index contributed by atoms with van der Waals surface area (Å²) in [5.41, 5.74) is 2.59. The molecule has 0 fully saturated rings. The van der Waals surface area contributed by atoms with Crippen LogP contribution in [0, 0.1) is 10.1 Å². The topological polar surface area (TPSA) is 93.5 Å². The van der Waals surface area contributed by atoms with Crippen molar-refractivity contribution < 1.29 is 14.6 Å². The summed E-state index contributed by atoms with van der Waals surface area (Å²) >= 11 is 0. The smallest absolute Gasteiger partial charge is 0.277 e. The number of nitro benzene ring substituents is 1. The number of hydrogen-bond acceptors (Lipinski definition) is 5. The summed E-state index contributed by atoms with van der Waals surface area (Å²) in [5.74, 6) is -0.546.